The van der Waals surface area contributed by atoms with Crippen molar-refractivity contribution in [3.63, 3.8) is 0 Å². The highest BCUT2D eigenvalue weighted by Crippen LogP contribution is 2.36. The van der Waals surface area contributed by atoms with Gasteiger partial charge in [0.2, 0.25) is 3.79 Å². The van der Waals surface area contributed by atoms with Gasteiger partial charge in [-0.2, -0.15) is 0 Å². The van der Waals surface area contributed by atoms with Crippen molar-refractivity contribution in [2.24, 2.45) is 5.41 Å². The molecule has 0 amide bonds. The minimum Gasteiger partial charge on any atom is -0.447 e. The van der Waals surface area contributed by atoms with Gasteiger partial charge in [0, 0.05) is 0 Å². The van der Waals surface area contributed by atoms with Crippen LogP contribution in [0.3, 0.4) is 0 Å². The largest absolute Gasteiger partial charge is 0.447 e. The van der Waals surface area contributed by atoms with Crippen LogP contribution in [0.25, 0.3) is 0 Å². The Morgan fingerprint density at radius 2 is 1.69 bits per heavy atom. The smallest absolute Gasteiger partial charge is 0.312 e. The van der Waals surface area contributed by atoms with Gasteiger partial charge in [0.15, 0.2) is 4.11 Å². The van der Waals surface area contributed by atoms with Crippen molar-refractivity contribution < 1.29 is 9.53 Å². The van der Waals surface area contributed by atoms with Crippen LogP contribution in [0, 0.1) is 5.41 Å². The molecule has 78 valence electrons. The molecule has 0 fully saturated rings. The molecule has 0 spiro atoms. The minimum absolute atomic E-state index is 0.391. The maximum absolute atomic E-state index is 11.3. The van der Waals surface area contributed by atoms with E-state index in [1.807, 2.05) is 0 Å². The average molecular weight is 359 g/mol. The standard InChI is InChI=1S/C7H10Cl3IO2/c1-6(2,3)5(12)13-4(11)7(8,9)10/h4H,1-3H3. The second-order valence-corrected chi connectivity index (χ2v) is 7.01. The van der Waals surface area contributed by atoms with E-state index in [2.05, 4.69) is 0 Å². The lowest BCUT2D eigenvalue weighted by atomic mass is 9.97. The molecule has 0 aliphatic carbocycles. The van der Waals surface area contributed by atoms with Gasteiger partial charge in [-0.3, -0.25) is 4.79 Å². The summed E-state index contributed by atoms with van der Waals surface area (Å²) >= 11 is 18.3. The van der Waals surface area contributed by atoms with Crippen LogP contribution in [0.15, 0.2) is 0 Å². The molecule has 0 aromatic heterocycles. The number of alkyl halides is 4. The quantitative estimate of drug-likeness (QED) is 0.405. The van der Waals surface area contributed by atoms with Crippen molar-refractivity contribution >= 4 is 63.4 Å². The second-order valence-electron chi connectivity index (χ2n) is 3.51. The molecule has 1 atom stereocenters. The molecule has 0 aromatic rings. The maximum Gasteiger partial charge on any atom is 0.312 e. The highest BCUT2D eigenvalue weighted by Gasteiger charge is 2.36. The van der Waals surface area contributed by atoms with Gasteiger partial charge < -0.3 is 4.74 Å². The van der Waals surface area contributed by atoms with E-state index in [1.165, 1.54) is 0 Å². The van der Waals surface area contributed by atoms with Crippen LogP contribution >= 0.6 is 57.4 Å². The molecular formula is C7H10Cl3IO2. The molecule has 0 rings (SSSR count). The lowest BCUT2D eigenvalue weighted by molar-refractivity contribution is -0.153. The van der Waals surface area contributed by atoms with E-state index in [9.17, 15) is 4.79 Å². The van der Waals surface area contributed by atoms with Crippen molar-refractivity contribution in [2.75, 3.05) is 0 Å². The zero-order valence-electron chi connectivity index (χ0n) is 7.41. The van der Waals surface area contributed by atoms with Gasteiger partial charge >= 0.3 is 5.97 Å². The lowest BCUT2D eigenvalue weighted by Gasteiger charge is -2.23. The zero-order valence-corrected chi connectivity index (χ0v) is 11.8. The second kappa shape index (κ2) is 4.73. The van der Waals surface area contributed by atoms with E-state index in [-0.39, 0.29) is 0 Å². The fourth-order valence-electron chi connectivity index (χ4n) is 0.338. The summed E-state index contributed by atoms with van der Waals surface area (Å²) in [6.07, 6.45) is 0. The first kappa shape index (κ1) is 14.1. The fraction of sp³-hybridized carbons (Fsp3) is 0.857. The van der Waals surface area contributed by atoms with Crippen LogP contribution in [-0.4, -0.2) is 13.9 Å². The Hall–Kier alpha value is 1.07. The van der Waals surface area contributed by atoms with Gasteiger partial charge in [0.05, 0.1) is 5.41 Å². The van der Waals surface area contributed by atoms with Gasteiger partial charge in [-0.1, -0.05) is 34.8 Å². The Labute approximate surface area is 106 Å². The zero-order chi connectivity index (χ0) is 10.9. The van der Waals surface area contributed by atoms with Crippen LogP contribution in [0.1, 0.15) is 20.8 Å². The Morgan fingerprint density at radius 3 is 1.92 bits per heavy atom. The Morgan fingerprint density at radius 1 is 1.31 bits per heavy atom. The van der Waals surface area contributed by atoms with E-state index in [1.54, 1.807) is 43.4 Å². The summed E-state index contributed by atoms with van der Waals surface area (Å²) < 4.78 is 2.57. The van der Waals surface area contributed by atoms with Gasteiger partial charge in [-0.25, -0.2) is 0 Å². The maximum atomic E-state index is 11.3. The summed E-state index contributed by atoms with van der Waals surface area (Å²) in [5.41, 5.74) is -0.584. The molecular weight excluding hydrogens is 349 g/mol. The average Bonchev–Trinajstić information content (AvgIpc) is 1.82. The molecule has 13 heavy (non-hydrogen) atoms. The van der Waals surface area contributed by atoms with Crippen LogP contribution in [0.4, 0.5) is 0 Å². The number of hydrogen-bond acceptors (Lipinski definition) is 2. The van der Waals surface area contributed by atoms with Gasteiger partial charge in [0.25, 0.3) is 0 Å². The third-order valence-electron chi connectivity index (χ3n) is 1.08. The minimum atomic E-state index is -1.58. The van der Waals surface area contributed by atoms with E-state index < -0.39 is 19.3 Å². The van der Waals surface area contributed by atoms with Crippen LogP contribution in [-0.2, 0) is 9.53 Å². The highest BCUT2D eigenvalue weighted by molar-refractivity contribution is 14.1. The molecule has 2 nitrogen and oxygen atoms in total. The molecule has 0 bridgehead atoms. The predicted molar refractivity (Wildman–Crippen MR) is 63.6 cm³/mol. The lowest BCUT2D eigenvalue weighted by Crippen LogP contribution is -2.31. The van der Waals surface area contributed by atoms with E-state index in [0.29, 0.717) is 0 Å². The first-order chi connectivity index (χ1) is 5.55. The number of ether oxygens (including phenoxy) is 1. The highest BCUT2D eigenvalue weighted by atomic mass is 127. The van der Waals surface area contributed by atoms with Crippen LogP contribution in [0.2, 0.25) is 0 Å². The number of halogens is 4. The van der Waals surface area contributed by atoms with Crippen molar-refractivity contribution in [1.29, 1.82) is 0 Å². The predicted octanol–water partition coefficient (Wildman–Crippen LogP) is 3.71. The Kier molecular flexibility index (Phi) is 5.12. The number of carbonyl (C=O) groups excluding carboxylic acids is 1. The molecule has 0 saturated carbocycles. The Bertz CT molecular complexity index is 195. The molecule has 0 radical (unpaired) electrons. The molecule has 1 unspecified atom stereocenters. The number of carbonyl (C=O) groups is 1. The van der Waals surface area contributed by atoms with E-state index in [0.717, 1.165) is 0 Å². The van der Waals surface area contributed by atoms with Gasteiger partial charge in [-0.05, 0) is 43.4 Å². The number of hydrogen-bond donors (Lipinski definition) is 0. The molecule has 0 aliphatic heterocycles. The third-order valence-corrected chi connectivity index (χ3v) is 3.97. The van der Waals surface area contributed by atoms with E-state index in [4.69, 9.17) is 39.5 Å². The first-order valence-electron chi connectivity index (χ1n) is 3.47. The first-order valence-corrected chi connectivity index (χ1v) is 5.85. The topological polar surface area (TPSA) is 26.3 Å². The Balaban J connectivity index is 4.24. The molecule has 0 heterocycles. The van der Waals surface area contributed by atoms with Crippen molar-refractivity contribution in [1.82, 2.24) is 0 Å². The molecule has 6 heteroatoms. The number of rotatable bonds is 1. The monoisotopic (exact) mass is 358 g/mol. The summed E-state index contributed by atoms with van der Waals surface area (Å²) in [7, 11) is 0. The fourth-order valence-corrected chi connectivity index (χ4v) is 0.702. The SMILES string of the molecule is CC(C)(C)C(=O)OC(I)C(Cl)(Cl)Cl. The summed E-state index contributed by atoms with van der Waals surface area (Å²) in [6.45, 7) is 5.20. The molecule has 0 aromatic carbocycles. The molecule has 0 N–H and O–H groups in total. The number of esters is 1. The summed E-state index contributed by atoms with van der Waals surface area (Å²) in [5, 5.41) is 0. The van der Waals surface area contributed by atoms with Crippen molar-refractivity contribution in [3.05, 3.63) is 0 Å². The summed E-state index contributed by atoms with van der Waals surface area (Å²) in [6, 6.07) is 0. The normalized spacial score (nSPS) is 15.3. The van der Waals surface area contributed by atoms with Gasteiger partial charge in [-0.15, -0.1) is 0 Å². The summed E-state index contributed by atoms with van der Waals surface area (Å²) in [5.74, 6) is -0.391. The van der Waals surface area contributed by atoms with Crippen molar-refractivity contribution in [2.45, 2.75) is 28.7 Å². The van der Waals surface area contributed by atoms with Crippen molar-refractivity contribution in [3.8, 4) is 0 Å². The summed E-state index contributed by atoms with van der Waals surface area (Å²) in [4.78, 5) is 11.3. The van der Waals surface area contributed by atoms with Crippen LogP contribution < -0.4 is 0 Å². The van der Waals surface area contributed by atoms with E-state index >= 15 is 0 Å². The van der Waals surface area contributed by atoms with Crippen LogP contribution in [0.5, 0.6) is 0 Å². The van der Waals surface area contributed by atoms with Gasteiger partial charge in [0.1, 0.15) is 0 Å². The molecule has 0 aliphatic rings. The molecule has 0 saturated heterocycles. The third kappa shape index (κ3) is 5.50.